The van der Waals surface area contributed by atoms with Gasteiger partial charge < -0.3 is 4.42 Å². The average Bonchev–Trinajstić information content (AvgIpc) is 3.83. The lowest BCUT2D eigenvalue weighted by Gasteiger charge is -2.11. The first-order chi connectivity index (χ1) is 25.7. The Balaban J connectivity index is 1.11. The number of benzene rings is 6. The van der Waals surface area contributed by atoms with E-state index in [1.54, 1.807) is 0 Å². The van der Waals surface area contributed by atoms with Crippen LogP contribution in [-0.2, 0) is 0 Å². The molecule has 246 valence electrons. The van der Waals surface area contributed by atoms with Gasteiger partial charge in [0.25, 0.3) is 0 Å². The molecule has 0 bridgehead atoms. The molecule has 0 saturated heterocycles. The van der Waals surface area contributed by atoms with Crippen molar-refractivity contribution >= 4 is 38.7 Å². The quantitative estimate of drug-likeness (QED) is 0.174. The van der Waals surface area contributed by atoms with Crippen molar-refractivity contribution in [2.45, 2.75) is 11.3 Å². The van der Waals surface area contributed by atoms with Crippen molar-refractivity contribution < 1.29 is 4.42 Å². The van der Waals surface area contributed by atoms with Crippen LogP contribution in [0.3, 0.4) is 0 Å². The molecule has 2 aliphatic rings. The highest BCUT2D eigenvalue weighted by atomic mass is 32.2. The molecule has 1 aliphatic heterocycles. The van der Waals surface area contributed by atoms with Crippen LogP contribution in [0, 0.1) is 0 Å². The first-order valence-electron chi connectivity index (χ1n) is 17.4. The predicted octanol–water partition coefficient (Wildman–Crippen LogP) is 11.5. The summed E-state index contributed by atoms with van der Waals surface area (Å²) in [6, 6.07) is 50.3. The van der Waals surface area contributed by atoms with Crippen molar-refractivity contribution in [1.82, 2.24) is 15.0 Å². The van der Waals surface area contributed by atoms with Gasteiger partial charge in [0.15, 0.2) is 17.5 Å². The van der Waals surface area contributed by atoms with E-state index in [9.17, 15) is 0 Å². The second-order valence-electron chi connectivity index (χ2n) is 13.0. The number of allylic oxidation sites excluding steroid dienone is 2. The summed E-state index contributed by atoms with van der Waals surface area (Å²) in [6.07, 6.45) is 8.60. The van der Waals surface area contributed by atoms with Crippen molar-refractivity contribution in [3.05, 3.63) is 175 Å². The Morgan fingerprint density at radius 2 is 1.02 bits per heavy atom. The molecule has 8 aromatic rings. The van der Waals surface area contributed by atoms with Gasteiger partial charge in [-0.25, -0.2) is 15.0 Å². The first kappa shape index (κ1) is 30.5. The third kappa shape index (κ3) is 5.54. The lowest BCUT2D eigenvalue weighted by atomic mass is 10.0. The van der Waals surface area contributed by atoms with Gasteiger partial charge in [-0.15, -0.1) is 0 Å². The number of aliphatic imine (C=N–C) groups is 1. The second-order valence-corrected chi connectivity index (χ2v) is 14.1. The van der Waals surface area contributed by atoms with Crippen molar-refractivity contribution in [2.24, 2.45) is 4.99 Å². The maximum absolute atomic E-state index is 6.43. The zero-order valence-electron chi connectivity index (χ0n) is 27.9. The third-order valence-electron chi connectivity index (χ3n) is 9.69. The number of rotatable bonds is 6. The molecule has 6 aromatic carbocycles. The zero-order chi connectivity index (χ0) is 34.4. The van der Waals surface area contributed by atoms with Crippen molar-refractivity contribution in [2.75, 3.05) is 0 Å². The van der Waals surface area contributed by atoms with E-state index < -0.39 is 0 Å². The topological polar surface area (TPSA) is 64.2 Å². The fourth-order valence-corrected chi connectivity index (χ4v) is 8.19. The molecular formula is C46H30N4OS. The molecule has 2 unspecified atom stereocenters. The summed E-state index contributed by atoms with van der Waals surface area (Å²) in [7, 11) is 0. The lowest BCUT2D eigenvalue weighted by molar-refractivity contribution is 0.669. The molecule has 6 heteroatoms. The number of thioether (sulfide) groups is 1. The summed E-state index contributed by atoms with van der Waals surface area (Å²) in [5.74, 6) is 1.81. The van der Waals surface area contributed by atoms with Crippen LogP contribution in [0.1, 0.15) is 5.56 Å². The highest BCUT2D eigenvalue weighted by Crippen LogP contribution is 2.40. The zero-order valence-corrected chi connectivity index (χ0v) is 28.7. The Bertz CT molecular complexity index is 2600. The van der Waals surface area contributed by atoms with Crippen molar-refractivity contribution in [1.29, 1.82) is 0 Å². The Kier molecular flexibility index (Phi) is 7.47. The highest BCUT2D eigenvalue weighted by molar-refractivity contribution is 8.15. The summed E-state index contributed by atoms with van der Waals surface area (Å²) < 4.78 is 6.43. The number of nitrogens with zero attached hydrogens (tertiary/aromatic N) is 4. The summed E-state index contributed by atoms with van der Waals surface area (Å²) >= 11 is 1.81. The van der Waals surface area contributed by atoms with Crippen molar-refractivity contribution in [3.8, 4) is 56.4 Å². The molecular weight excluding hydrogens is 657 g/mol. The monoisotopic (exact) mass is 686 g/mol. The van der Waals surface area contributed by atoms with Gasteiger partial charge in [0.1, 0.15) is 11.2 Å². The van der Waals surface area contributed by atoms with Crippen LogP contribution < -0.4 is 0 Å². The molecule has 0 spiro atoms. The fourth-order valence-electron chi connectivity index (χ4n) is 7.02. The number of aromatic nitrogens is 3. The molecule has 0 amide bonds. The Labute approximate surface area is 305 Å². The second kappa shape index (κ2) is 12.7. The number of fused-ring (bicyclic) bond motifs is 4. The Morgan fingerprint density at radius 3 is 1.65 bits per heavy atom. The summed E-state index contributed by atoms with van der Waals surface area (Å²) in [6.45, 7) is 0. The minimum absolute atomic E-state index is 0.169. The normalized spacial score (nSPS) is 16.3. The molecule has 52 heavy (non-hydrogen) atoms. The molecule has 2 aromatic heterocycles. The predicted molar refractivity (Wildman–Crippen MR) is 214 cm³/mol. The van der Waals surface area contributed by atoms with Crippen LogP contribution >= 0.6 is 11.8 Å². The van der Waals surface area contributed by atoms with Gasteiger partial charge >= 0.3 is 0 Å². The van der Waals surface area contributed by atoms with Crippen LogP contribution in [0.5, 0.6) is 0 Å². The maximum atomic E-state index is 6.43. The van der Waals surface area contributed by atoms with Gasteiger partial charge in [0.05, 0.1) is 16.3 Å². The number of hydrogen-bond acceptors (Lipinski definition) is 6. The van der Waals surface area contributed by atoms with E-state index in [0.717, 1.165) is 71.5 Å². The molecule has 0 saturated carbocycles. The summed E-state index contributed by atoms with van der Waals surface area (Å²) in [4.78, 5) is 20.4. The van der Waals surface area contributed by atoms with Gasteiger partial charge in [-0.2, -0.15) is 0 Å². The van der Waals surface area contributed by atoms with E-state index in [1.165, 1.54) is 0 Å². The molecule has 1 aliphatic carbocycles. The first-order valence-corrected chi connectivity index (χ1v) is 18.2. The molecule has 0 fully saturated rings. The molecule has 5 nitrogen and oxygen atoms in total. The van der Waals surface area contributed by atoms with E-state index in [0.29, 0.717) is 22.7 Å². The largest absolute Gasteiger partial charge is 0.456 e. The average molecular weight is 687 g/mol. The molecule has 0 N–H and O–H groups in total. The Morgan fingerprint density at radius 1 is 0.462 bits per heavy atom. The lowest BCUT2D eigenvalue weighted by Crippen LogP contribution is -2.13. The SMILES string of the molecule is C1=CC2N=C(c3ccc4oc5cccc(-c6nc(-c7ccc(-c8ccccc8)cc7)nc(-c7ccc(-c8ccccc8)cc7)n6)c5c4c3)SC2C=C1. The van der Waals surface area contributed by atoms with Crippen LogP contribution in [0.25, 0.3) is 78.4 Å². The van der Waals surface area contributed by atoms with Crippen LogP contribution in [0.4, 0.5) is 0 Å². The van der Waals surface area contributed by atoms with Gasteiger partial charge in [-0.1, -0.05) is 157 Å². The third-order valence-corrected chi connectivity index (χ3v) is 11.0. The van der Waals surface area contributed by atoms with E-state index in [2.05, 4.69) is 146 Å². The molecule has 0 radical (unpaired) electrons. The molecule has 2 atom stereocenters. The van der Waals surface area contributed by atoms with E-state index in [-0.39, 0.29) is 6.04 Å². The smallest absolute Gasteiger partial charge is 0.164 e. The minimum Gasteiger partial charge on any atom is -0.456 e. The Hall–Kier alpha value is -6.37. The summed E-state index contributed by atoms with van der Waals surface area (Å²) in [5.41, 5.74) is 10.0. The standard InChI is InChI=1S/C46H30N4OS/c1-3-10-29(11-4-1)31-18-22-33(23-19-31)43-48-44(34-24-20-32(21-25-34)30-12-5-2-6-13-30)50-45(49-43)36-14-9-16-40-42(36)37-28-35(26-27-39(37)51-40)46-47-38-15-7-8-17-41(38)52-46/h1-28,38,41H. The van der Waals surface area contributed by atoms with E-state index >= 15 is 0 Å². The minimum atomic E-state index is 0.169. The van der Waals surface area contributed by atoms with Gasteiger partial charge in [0, 0.05) is 33.0 Å². The summed E-state index contributed by atoms with van der Waals surface area (Å²) in [5, 5.41) is 3.36. The van der Waals surface area contributed by atoms with Crippen LogP contribution in [-0.4, -0.2) is 31.3 Å². The van der Waals surface area contributed by atoms with Gasteiger partial charge in [0.2, 0.25) is 0 Å². The molecule has 10 rings (SSSR count). The highest BCUT2D eigenvalue weighted by Gasteiger charge is 2.28. The number of hydrogen-bond donors (Lipinski definition) is 0. The van der Waals surface area contributed by atoms with Gasteiger partial charge in [-0.3, -0.25) is 4.99 Å². The van der Waals surface area contributed by atoms with Crippen LogP contribution in [0.15, 0.2) is 179 Å². The van der Waals surface area contributed by atoms with E-state index in [4.69, 9.17) is 24.4 Å². The fraction of sp³-hybridized carbons (Fsp3) is 0.0435. The van der Waals surface area contributed by atoms with Crippen molar-refractivity contribution in [3.63, 3.8) is 0 Å². The molecule has 3 heterocycles. The van der Waals surface area contributed by atoms with E-state index in [1.807, 2.05) is 36.0 Å². The number of furan rings is 1. The maximum Gasteiger partial charge on any atom is 0.164 e. The van der Waals surface area contributed by atoms with Gasteiger partial charge in [-0.05, 0) is 46.5 Å². The van der Waals surface area contributed by atoms with Crippen LogP contribution in [0.2, 0.25) is 0 Å².